The zero-order chi connectivity index (χ0) is 10.0. The Balaban J connectivity index is 3.08. The molecule has 0 aromatic heterocycles. The van der Waals surface area contributed by atoms with Crippen LogP contribution in [0.25, 0.3) is 0 Å². The molecular formula is C9H8ClFO2. The molecule has 0 radical (unpaired) electrons. The number of phenols is 1. The highest BCUT2D eigenvalue weighted by molar-refractivity contribution is 6.30. The lowest BCUT2D eigenvalue weighted by molar-refractivity contribution is -0.116. The minimum atomic E-state index is -0.986. The first-order chi connectivity index (χ1) is 6.02. The summed E-state index contributed by atoms with van der Waals surface area (Å²) in [6.45, 7) is 1.28. The van der Waals surface area contributed by atoms with Crippen molar-refractivity contribution in [3.8, 4) is 5.75 Å². The predicted molar refractivity (Wildman–Crippen MR) is 47.3 cm³/mol. The van der Waals surface area contributed by atoms with Crippen LogP contribution in [0.4, 0.5) is 4.39 Å². The van der Waals surface area contributed by atoms with Crippen molar-refractivity contribution in [1.29, 1.82) is 0 Å². The van der Waals surface area contributed by atoms with Crippen molar-refractivity contribution in [3.63, 3.8) is 0 Å². The number of phenolic OH excluding ortho intramolecular Hbond substituents is 1. The molecule has 70 valence electrons. The lowest BCUT2D eigenvalue weighted by Crippen LogP contribution is -2.03. The van der Waals surface area contributed by atoms with E-state index in [9.17, 15) is 9.18 Å². The van der Waals surface area contributed by atoms with Gasteiger partial charge in [0.25, 0.3) is 0 Å². The first-order valence-electron chi connectivity index (χ1n) is 3.65. The third-order valence-electron chi connectivity index (χ3n) is 1.61. The minimum absolute atomic E-state index is 0.0898. The van der Waals surface area contributed by atoms with Crippen molar-refractivity contribution in [2.45, 2.75) is 12.3 Å². The van der Waals surface area contributed by atoms with Gasteiger partial charge in [0, 0.05) is 11.6 Å². The summed E-state index contributed by atoms with van der Waals surface area (Å²) >= 11 is 5.63. The summed E-state index contributed by atoms with van der Waals surface area (Å²) in [6, 6.07) is 3.51. The van der Waals surface area contributed by atoms with Crippen LogP contribution in [0.2, 0.25) is 0 Å². The van der Waals surface area contributed by atoms with Gasteiger partial charge in [-0.05, 0) is 13.0 Å². The maximum atomic E-state index is 13.1. The molecule has 0 bridgehead atoms. The highest BCUT2D eigenvalue weighted by atomic mass is 35.5. The van der Waals surface area contributed by atoms with Gasteiger partial charge in [0.05, 0.1) is 0 Å². The highest BCUT2D eigenvalue weighted by Crippen LogP contribution is 2.26. The maximum absolute atomic E-state index is 13.1. The van der Waals surface area contributed by atoms with Crippen LogP contribution in [0.5, 0.6) is 5.75 Å². The number of Topliss-reactive ketones (excluding diaryl/α,β-unsaturated/α-hetero) is 1. The largest absolute Gasteiger partial charge is 0.508 e. The Morgan fingerprint density at radius 2 is 2.23 bits per heavy atom. The summed E-state index contributed by atoms with van der Waals surface area (Å²) in [5.41, 5.74) is 0.0898. The Morgan fingerprint density at radius 1 is 1.62 bits per heavy atom. The molecule has 0 spiro atoms. The number of ketones is 1. The second kappa shape index (κ2) is 3.75. The van der Waals surface area contributed by atoms with Crippen molar-refractivity contribution < 1.29 is 14.3 Å². The SMILES string of the molecule is CC(=O)C(Cl)c1ccc(O)cc1F. The Bertz CT molecular complexity index is 338. The van der Waals surface area contributed by atoms with Crippen LogP contribution in [0.1, 0.15) is 17.9 Å². The van der Waals surface area contributed by atoms with Crippen molar-refractivity contribution in [2.24, 2.45) is 0 Å². The molecule has 0 heterocycles. The van der Waals surface area contributed by atoms with Gasteiger partial charge in [-0.25, -0.2) is 4.39 Å². The zero-order valence-electron chi connectivity index (χ0n) is 6.92. The van der Waals surface area contributed by atoms with Crippen LogP contribution in [0.15, 0.2) is 18.2 Å². The number of carbonyl (C=O) groups excluding carboxylic acids is 1. The lowest BCUT2D eigenvalue weighted by atomic mass is 10.1. The summed E-state index contributed by atoms with van der Waals surface area (Å²) in [4.78, 5) is 10.8. The highest BCUT2D eigenvalue weighted by Gasteiger charge is 2.17. The molecule has 0 saturated heterocycles. The number of hydrogen-bond acceptors (Lipinski definition) is 2. The number of alkyl halides is 1. The fraction of sp³-hybridized carbons (Fsp3) is 0.222. The molecule has 0 fully saturated rings. The summed E-state index contributed by atoms with van der Waals surface area (Å²) < 4.78 is 13.1. The van der Waals surface area contributed by atoms with E-state index in [4.69, 9.17) is 16.7 Å². The maximum Gasteiger partial charge on any atom is 0.152 e. The quantitative estimate of drug-likeness (QED) is 0.748. The van der Waals surface area contributed by atoms with Gasteiger partial charge >= 0.3 is 0 Å². The van der Waals surface area contributed by atoms with Crippen LogP contribution >= 0.6 is 11.6 Å². The molecule has 1 unspecified atom stereocenters. The summed E-state index contributed by atoms with van der Waals surface area (Å²) in [7, 11) is 0. The van der Waals surface area contributed by atoms with Gasteiger partial charge in [-0.1, -0.05) is 6.07 Å². The number of carbonyl (C=O) groups is 1. The molecule has 1 atom stereocenters. The number of rotatable bonds is 2. The molecule has 13 heavy (non-hydrogen) atoms. The Morgan fingerprint density at radius 3 is 2.69 bits per heavy atom. The van der Waals surface area contributed by atoms with E-state index in [1.54, 1.807) is 0 Å². The fourth-order valence-corrected chi connectivity index (χ4v) is 1.12. The minimum Gasteiger partial charge on any atom is -0.508 e. The number of hydrogen-bond donors (Lipinski definition) is 1. The summed E-state index contributed by atoms with van der Waals surface area (Å²) in [6.07, 6.45) is 0. The molecular weight excluding hydrogens is 195 g/mol. The van der Waals surface area contributed by atoms with E-state index in [-0.39, 0.29) is 17.1 Å². The van der Waals surface area contributed by atoms with Crippen LogP contribution in [0.3, 0.4) is 0 Å². The van der Waals surface area contributed by atoms with Gasteiger partial charge in [0.1, 0.15) is 16.9 Å². The average Bonchev–Trinajstić information content (AvgIpc) is 2.03. The molecule has 1 aromatic carbocycles. The Hall–Kier alpha value is -1.09. The van der Waals surface area contributed by atoms with E-state index in [0.717, 1.165) is 6.07 Å². The van der Waals surface area contributed by atoms with Crippen molar-refractivity contribution in [1.82, 2.24) is 0 Å². The Labute approximate surface area is 80.0 Å². The summed E-state index contributed by atoms with van der Waals surface area (Å²) in [5, 5.41) is 7.90. The van der Waals surface area contributed by atoms with Crippen molar-refractivity contribution in [3.05, 3.63) is 29.6 Å². The molecule has 4 heteroatoms. The van der Waals surface area contributed by atoms with E-state index in [1.165, 1.54) is 19.1 Å². The molecule has 0 saturated carbocycles. The van der Waals surface area contributed by atoms with E-state index in [1.807, 2.05) is 0 Å². The third kappa shape index (κ3) is 2.18. The number of aromatic hydroxyl groups is 1. The van der Waals surface area contributed by atoms with Gasteiger partial charge in [0.15, 0.2) is 5.78 Å². The monoisotopic (exact) mass is 202 g/mol. The topological polar surface area (TPSA) is 37.3 Å². The van der Waals surface area contributed by atoms with E-state index in [2.05, 4.69) is 0 Å². The first kappa shape index (κ1) is 9.99. The summed E-state index contributed by atoms with van der Waals surface area (Å²) in [5.74, 6) is -1.19. The van der Waals surface area contributed by atoms with E-state index >= 15 is 0 Å². The third-order valence-corrected chi connectivity index (χ3v) is 2.16. The standard InChI is InChI=1S/C9H8ClFO2/c1-5(12)9(10)7-3-2-6(13)4-8(7)11/h2-4,9,13H,1H3. The molecule has 1 aromatic rings. The van der Waals surface area contributed by atoms with Crippen LogP contribution in [-0.2, 0) is 4.79 Å². The van der Waals surface area contributed by atoms with Gasteiger partial charge < -0.3 is 5.11 Å². The van der Waals surface area contributed by atoms with Crippen LogP contribution in [0, 0.1) is 5.82 Å². The van der Waals surface area contributed by atoms with E-state index < -0.39 is 11.2 Å². The lowest BCUT2D eigenvalue weighted by Gasteiger charge is -2.06. The van der Waals surface area contributed by atoms with Crippen molar-refractivity contribution in [2.75, 3.05) is 0 Å². The van der Waals surface area contributed by atoms with Crippen molar-refractivity contribution >= 4 is 17.4 Å². The zero-order valence-corrected chi connectivity index (χ0v) is 7.68. The second-order valence-corrected chi connectivity index (χ2v) is 3.12. The average molecular weight is 203 g/mol. The van der Waals surface area contributed by atoms with E-state index in [0.29, 0.717) is 0 Å². The van der Waals surface area contributed by atoms with Crippen LogP contribution in [-0.4, -0.2) is 10.9 Å². The predicted octanol–water partition coefficient (Wildman–Crippen LogP) is 2.40. The smallest absolute Gasteiger partial charge is 0.152 e. The molecule has 0 amide bonds. The van der Waals surface area contributed by atoms with Gasteiger partial charge in [0.2, 0.25) is 0 Å². The van der Waals surface area contributed by atoms with Gasteiger partial charge in [-0.2, -0.15) is 0 Å². The van der Waals surface area contributed by atoms with Crippen LogP contribution < -0.4 is 0 Å². The van der Waals surface area contributed by atoms with Gasteiger partial charge in [-0.3, -0.25) is 4.79 Å². The molecule has 0 aliphatic carbocycles. The Kier molecular flexibility index (Phi) is 2.88. The second-order valence-electron chi connectivity index (χ2n) is 2.68. The molecule has 0 aliphatic rings. The molecule has 0 aliphatic heterocycles. The number of halogens is 2. The number of benzene rings is 1. The normalized spacial score (nSPS) is 12.5. The van der Waals surface area contributed by atoms with Gasteiger partial charge in [-0.15, -0.1) is 11.6 Å². The fourth-order valence-electron chi connectivity index (χ4n) is 0.941. The molecule has 1 N–H and O–H groups in total. The molecule has 2 nitrogen and oxygen atoms in total. The molecule has 1 rings (SSSR count). The first-order valence-corrected chi connectivity index (χ1v) is 4.09.